The Morgan fingerprint density at radius 1 is 1.44 bits per heavy atom. The number of halogens is 1. The minimum Gasteiger partial charge on any atom is -0.352 e. The molecule has 18 heavy (non-hydrogen) atoms. The molecule has 6 heteroatoms. The second kappa shape index (κ2) is 6.96. The van der Waals surface area contributed by atoms with Crippen molar-refractivity contribution in [1.82, 2.24) is 5.32 Å². The maximum Gasteiger partial charge on any atom is 0.282 e. The molecule has 0 aromatic heterocycles. The fourth-order valence-electron chi connectivity index (χ4n) is 1.51. The number of nitro benzene ring substituents is 1. The summed E-state index contributed by atoms with van der Waals surface area (Å²) in [4.78, 5) is 22.1. The third-order valence-corrected chi connectivity index (χ3v) is 2.71. The highest BCUT2D eigenvalue weighted by Gasteiger charge is 2.19. The van der Waals surface area contributed by atoms with E-state index in [2.05, 4.69) is 5.32 Å². The monoisotopic (exact) mass is 270 g/mol. The Kier molecular flexibility index (Phi) is 5.58. The molecule has 0 heterocycles. The van der Waals surface area contributed by atoms with Gasteiger partial charge in [-0.15, -0.1) is 11.6 Å². The zero-order valence-corrected chi connectivity index (χ0v) is 10.9. The zero-order valence-electron chi connectivity index (χ0n) is 10.1. The van der Waals surface area contributed by atoms with Crippen LogP contribution in [0.3, 0.4) is 0 Å². The van der Waals surface area contributed by atoms with Gasteiger partial charge in [0.25, 0.3) is 11.6 Å². The maximum atomic E-state index is 11.8. The van der Waals surface area contributed by atoms with Crippen molar-refractivity contribution in [3.05, 3.63) is 39.4 Å². The molecule has 1 aromatic carbocycles. The molecule has 1 amide bonds. The second-order valence-corrected chi connectivity index (χ2v) is 4.31. The van der Waals surface area contributed by atoms with E-state index in [-0.39, 0.29) is 11.3 Å². The Labute approximate surface area is 110 Å². The van der Waals surface area contributed by atoms with Crippen LogP contribution in [-0.2, 0) is 0 Å². The number of aryl methyl sites for hydroxylation is 1. The van der Waals surface area contributed by atoms with Crippen LogP contribution in [0.15, 0.2) is 18.2 Å². The molecule has 0 spiro atoms. The van der Waals surface area contributed by atoms with E-state index in [0.29, 0.717) is 12.4 Å². The predicted molar refractivity (Wildman–Crippen MR) is 70.1 cm³/mol. The molecule has 1 N–H and O–H groups in total. The topological polar surface area (TPSA) is 72.2 Å². The third kappa shape index (κ3) is 4.00. The fraction of sp³-hybridized carbons (Fsp3) is 0.417. The molecule has 0 aliphatic rings. The number of amides is 1. The van der Waals surface area contributed by atoms with E-state index in [4.69, 9.17) is 11.6 Å². The van der Waals surface area contributed by atoms with Gasteiger partial charge in [-0.05, 0) is 31.4 Å². The van der Waals surface area contributed by atoms with Crippen LogP contribution in [0.25, 0.3) is 0 Å². The Morgan fingerprint density at radius 3 is 2.78 bits per heavy atom. The lowest BCUT2D eigenvalue weighted by molar-refractivity contribution is -0.385. The Balaban J connectivity index is 2.77. The molecule has 1 aromatic rings. The smallest absolute Gasteiger partial charge is 0.282 e. The SMILES string of the molecule is Cc1ccc([N+](=O)[O-])c(C(=O)NCCCCCl)c1. The first-order valence-electron chi connectivity index (χ1n) is 5.65. The van der Waals surface area contributed by atoms with Crippen LogP contribution in [0.4, 0.5) is 5.69 Å². The highest BCUT2D eigenvalue weighted by Crippen LogP contribution is 2.19. The summed E-state index contributed by atoms with van der Waals surface area (Å²) in [6.45, 7) is 2.25. The molecule has 0 atom stereocenters. The third-order valence-electron chi connectivity index (χ3n) is 2.44. The van der Waals surface area contributed by atoms with Crippen LogP contribution in [0.5, 0.6) is 0 Å². The quantitative estimate of drug-likeness (QED) is 0.374. The lowest BCUT2D eigenvalue weighted by Crippen LogP contribution is -2.25. The van der Waals surface area contributed by atoms with E-state index in [0.717, 1.165) is 18.4 Å². The van der Waals surface area contributed by atoms with Gasteiger partial charge in [-0.25, -0.2) is 0 Å². The van der Waals surface area contributed by atoms with Crippen LogP contribution in [0.1, 0.15) is 28.8 Å². The highest BCUT2D eigenvalue weighted by molar-refractivity contribution is 6.17. The lowest BCUT2D eigenvalue weighted by atomic mass is 10.1. The van der Waals surface area contributed by atoms with Crippen LogP contribution in [0, 0.1) is 17.0 Å². The number of alkyl halides is 1. The van der Waals surface area contributed by atoms with Crippen molar-refractivity contribution in [2.24, 2.45) is 0 Å². The number of carbonyl (C=O) groups is 1. The van der Waals surface area contributed by atoms with Crippen molar-refractivity contribution in [2.75, 3.05) is 12.4 Å². The molecule has 0 radical (unpaired) electrons. The van der Waals surface area contributed by atoms with E-state index < -0.39 is 10.8 Å². The summed E-state index contributed by atoms with van der Waals surface area (Å²) < 4.78 is 0. The number of hydrogen-bond donors (Lipinski definition) is 1. The number of carbonyl (C=O) groups excluding carboxylic acids is 1. The number of nitrogens with zero attached hydrogens (tertiary/aromatic N) is 1. The van der Waals surface area contributed by atoms with E-state index in [1.54, 1.807) is 13.0 Å². The van der Waals surface area contributed by atoms with E-state index in [9.17, 15) is 14.9 Å². The molecule has 0 aliphatic heterocycles. The average Bonchev–Trinajstić information content (AvgIpc) is 2.34. The molecular formula is C12H15ClN2O3. The van der Waals surface area contributed by atoms with Crippen molar-refractivity contribution < 1.29 is 9.72 Å². The Bertz CT molecular complexity index is 449. The Morgan fingerprint density at radius 2 is 2.17 bits per heavy atom. The summed E-state index contributed by atoms with van der Waals surface area (Å²) >= 11 is 5.52. The molecule has 0 saturated heterocycles. The van der Waals surface area contributed by atoms with Crippen molar-refractivity contribution >= 4 is 23.2 Å². The maximum absolute atomic E-state index is 11.8. The number of nitro groups is 1. The highest BCUT2D eigenvalue weighted by atomic mass is 35.5. The van der Waals surface area contributed by atoms with E-state index in [1.807, 2.05) is 0 Å². The molecule has 0 unspecified atom stereocenters. The summed E-state index contributed by atoms with van der Waals surface area (Å²) in [5.41, 5.74) is 0.743. The largest absolute Gasteiger partial charge is 0.352 e. The first-order chi connectivity index (χ1) is 8.56. The summed E-state index contributed by atoms with van der Waals surface area (Å²) in [5, 5.41) is 13.5. The predicted octanol–water partition coefficient (Wildman–Crippen LogP) is 2.65. The first kappa shape index (κ1) is 14.4. The number of hydrogen-bond acceptors (Lipinski definition) is 3. The molecular weight excluding hydrogens is 256 g/mol. The lowest BCUT2D eigenvalue weighted by Gasteiger charge is -2.06. The van der Waals surface area contributed by atoms with Gasteiger partial charge in [0.2, 0.25) is 0 Å². The zero-order chi connectivity index (χ0) is 13.5. The van der Waals surface area contributed by atoms with Crippen LogP contribution in [0.2, 0.25) is 0 Å². The van der Waals surface area contributed by atoms with Gasteiger partial charge in [0, 0.05) is 18.5 Å². The molecule has 98 valence electrons. The van der Waals surface area contributed by atoms with E-state index >= 15 is 0 Å². The summed E-state index contributed by atoms with van der Waals surface area (Å²) in [6.07, 6.45) is 1.56. The normalized spacial score (nSPS) is 10.1. The molecule has 0 fully saturated rings. The van der Waals surface area contributed by atoms with Crippen molar-refractivity contribution in [1.29, 1.82) is 0 Å². The van der Waals surface area contributed by atoms with E-state index in [1.165, 1.54) is 12.1 Å². The van der Waals surface area contributed by atoms with Gasteiger partial charge in [-0.3, -0.25) is 14.9 Å². The van der Waals surface area contributed by atoms with Gasteiger partial charge >= 0.3 is 0 Å². The fourth-order valence-corrected chi connectivity index (χ4v) is 1.70. The summed E-state index contributed by atoms with van der Waals surface area (Å²) in [7, 11) is 0. The average molecular weight is 271 g/mol. The summed E-state index contributed by atoms with van der Waals surface area (Å²) in [6, 6.07) is 4.49. The Hall–Kier alpha value is -1.62. The van der Waals surface area contributed by atoms with Crippen molar-refractivity contribution in [2.45, 2.75) is 19.8 Å². The van der Waals surface area contributed by atoms with Gasteiger partial charge in [0.05, 0.1) is 4.92 Å². The number of rotatable bonds is 6. The van der Waals surface area contributed by atoms with Gasteiger partial charge in [-0.1, -0.05) is 6.07 Å². The minimum atomic E-state index is -0.548. The van der Waals surface area contributed by atoms with Crippen molar-refractivity contribution in [3.63, 3.8) is 0 Å². The number of nitrogens with one attached hydrogen (secondary N) is 1. The van der Waals surface area contributed by atoms with Crippen LogP contribution >= 0.6 is 11.6 Å². The second-order valence-electron chi connectivity index (χ2n) is 3.93. The van der Waals surface area contributed by atoms with Gasteiger partial charge in [-0.2, -0.15) is 0 Å². The van der Waals surface area contributed by atoms with Crippen molar-refractivity contribution in [3.8, 4) is 0 Å². The first-order valence-corrected chi connectivity index (χ1v) is 6.19. The number of benzene rings is 1. The summed E-state index contributed by atoms with van der Waals surface area (Å²) in [5.74, 6) is 0.125. The van der Waals surface area contributed by atoms with Crippen LogP contribution in [-0.4, -0.2) is 23.3 Å². The minimum absolute atomic E-state index is 0.103. The van der Waals surface area contributed by atoms with Gasteiger partial charge < -0.3 is 5.32 Å². The standard InChI is InChI=1S/C12H15ClN2O3/c1-9-4-5-11(15(17)18)10(8-9)12(16)14-7-3-2-6-13/h4-5,8H,2-3,6-7H2,1H3,(H,14,16). The molecule has 0 saturated carbocycles. The van der Waals surface area contributed by atoms with Crippen LogP contribution < -0.4 is 5.32 Å². The number of unbranched alkanes of at least 4 members (excludes halogenated alkanes) is 1. The van der Waals surface area contributed by atoms with Gasteiger partial charge in [0.15, 0.2) is 0 Å². The molecule has 0 bridgehead atoms. The molecule has 1 rings (SSSR count). The molecule has 5 nitrogen and oxygen atoms in total. The van der Waals surface area contributed by atoms with Gasteiger partial charge in [0.1, 0.15) is 5.56 Å². The molecule has 0 aliphatic carbocycles.